The Balaban J connectivity index is 1.74. The average molecular weight is 363 g/mol. The summed E-state index contributed by atoms with van der Waals surface area (Å²) in [7, 11) is 1.51. The van der Waals surface area contributed by atoms with Gasteiger partial charge in [-0.25, -0.2) is 0 Å². The molecule has 7 heteroatoms. The fourth-order valence-corrected chi connectivity index (χ4v) is 2.22. The second-order valence-electron chi connectivity index (χ2n) is 5.28. The number of carbonyl (C=O) groups is 2. The molecule has 0 bridgehead atoms. The molecular formula is C18H19ClN2O4. The van der Waals surface area contributed by atoms with E-state index >= 15 is 0 Å². The fourth-order valence-electron chi connectivity index (χ4n) is 1.96. The first-order chi connectivity index (χ1) is 12.0. The Morgan fingerprint density at radius 1 is 1.08 bits per heavy atom. The number of halogens is 1. The molecule has 0 aromatic heterocycles. The topological polar surface area (TPSA) is 76.7 Å². The monoisotopic (exact) mass is 362 g/mol. The van der Waals surface area contributed by atoms with Gasteiger partial charge in [0, 0.05) is 5.69 Å². The van der Waals surface area contributed by atoms with Gasteiger partial charge in [0.25, 0.3) is 5.91 Å². The van der Waals surface area contributed by atoms with Crippen molar-refractivity contribution in [2.75, 3.05) is 25.6 Å². The second-order valence-corrected chi connectivity index (χ2v) is 5.68. The molecule has 2 aromatic carbocycles. The molecule has 0 heterocycles. The van der Waals surface area contributed by atoms with Gasteiger partial charge in [-0.15, -0.1) is 0 Å². The van der Waals surface area contributed by atoms with Gasteiger partial charge in [0.15, 0.2) is 6.61 Å². The first-order valence-electron chi connectivity index (χ1n) is 7.57. The van der Waals surface area contributed by atoms with E-state index in [-0.39, 0.29) is 25.0 Å². The number of methoxy groups -OCH3 is 1. The van der Waals surface area contributed by atoms with Crippen LogP contribution in [0.4, 0.5) is 5.69 Å². The number of carbonyl (C=O) groups excluding carboxylic acids is 2. The molecule has 0 aliphatic heterocycles. The largest absolute Gasteiger partial charge is 0.495 e. The summed E-state index contributed by atoms with van der Waals surface area (Å²) in [5.41, 5.74) is 1.62. The molecule has 0 saturated heterocycles. The van der Waals surface area contributed by atoms with Gasteiger partial charge in [-0.2, -0.15) is 0 Å². The van der Waals surface area contributed by atoms with E-state index in [4.69, 9.17) is 21.1 Å². The molecule has 0 unspecified atom stereocenters. The number of nitrogens with one attached hydrogen (secondary N) is 2. The quantitative estimate of drug-likeness (QED) is 0.794. The van der Waals surface area contributed by atoms with Crippen LogP contribution in [-0.2, 0) is 9.59 Å². The van der Waals surface area contributed by atoms with Crippen molar-refractivity contribution >= 4 is 29.1 Å². The molecule has 2 rings (SSSR count). The van der Waals surface area contributed by atoms with Crippen molar-refractivity contribution in [1.82, 2.24) is 5.32 Å². The van der Waals surface area contributed by atoms with Crippen molar-refractivity contribution < 1.29 is 19.1 Å². The van der Waals surface area contributed by atoms with Crippen molar-refractivity contribution in [3.8, 4) is 11.5 Å². The van der Waals surface area contributed by atoms with E-state index in [0.717, 1.165) is 5.56 Å². The van der Waals surface area contributed by atoms with E-state index < -0.39 is 0 Å². The Bertz CT molecular complexity index is 747. The van der Waals surface area contributed by atoms with E-state index in [1.807, 2.05) is 19.1 Å². The van der Waals surface area contributed by atoms with Crippen LogP contribution in [0.3, 0.4) is 0 Å². The van der Waals surface area contributed by atoms with Gasteiger partial charge in [-0.3, -0.25) is 9.59 Å². The van der Waals surface area contributed by atoms with Crippen molar-refractivity contribution in [1.29, 1.82) is 0 Å². The smallest absolute Gasteiger partial charge is 0.258 e. The number of benzene rings is 2. The zero-order valence-corrected chi connectivity index (χ0v) is 14.7. The van der Waals surface area contributed by atoms with Crippen LogP contribution >= 0.6 is 11.6 Å². The molecule has 0 saturated carbocycles. The summed E-state index contributed by atoms with van der Waals surface area (Å²) in [5, 5.41) is 5.51. The first-order valence-corrected chi connectivity index (χ1v) is 7.95. The summed E-state index contributed by atoms with van der Waals surface area (Å²) in [6.45, 7) is 1.63. The molecule has 2 N–H and O–H groups in total. The van der Waals surface area contributed by atoms with E-state index in [9.17, 15) is 9.59 Å². The Hall–Kier alpha value is -2.73. The molecular weight excluding hydrogens is 344 g/mol. The third-order valence-corrected chi connectivity index (χ3v) is 3.57. The summed E-state index contributed by atoms with van der Waals surface area (Å²) in [6.07, 6.45) is 0. The lowest BCUT2D eigenvalue weighted by molar-refractivity contribution is -0.125. The van der Waals surface area contributed by atoms with Crippen LogP contribution in [0.2, 0.25) is 5.02 Å². The summed E-state index contributed by atoms with van der Waals surface area (Å²) < 4.78 is 10.4. The van der Waals surface area contributed by atoms with E-state index in [2.05, 4.69) is 10.6 Å². The number of ether oxygens (including phenoxy) is 2. The van der Waals surface area contributed by atoms with E-state index in [1.54, 1.807) is 30.3 Å². The molecule has 132 valence electrons. The number of hydrogen-bond acceptors (Lipinski definition) is 4. The lowest BCUT2D eigenvalue weighted by atomic mass is 10.2. The molecule has 25 heavy (non-hydrogen) atoms. The van der Waals surface area contributed by atoms with E-state index in [1.165, 1.54) is 7.11 Å². The van der Waals surface area contributed by atoms with Crippen LogP contribution in [0.5, 0.6) is 11.5 Å². The maximum absolute atomic E-state index is 11.9. The minimum atomic E-state index is -0.386. The Morgan fingerprint density at radius 3 is 2.44 bits per heavy atom. The zero-order chi connectivity index (χ0) is 18.2. The Morgan fingerprint density at radius 2 is 1.80 bits per heavy atom. The first kappa shape index (κ1) is 18.6. The van der Waals surface area contributed by atoms with Gasteiger partial charge < -0.3 is 20.1 Å². The molecule has 0 aliphatic rings. The Kier molecular flexibility index (Phi) is 6.65. The highest BCUT2D eigenvalue weighted by atomic mass is 35.5. The van der Waals surface area contributed by atoms with Crippen LogP contribution in [-0.4, -0.2) is 32.1 Å². The highest BCUT2D eigenvalue weighted by Crippen LogP contribution is 2.27. The molecule has 0 aliphatic carbocycles. The predicted molar refractivity (Wildman–Crippen MR) is 96.3 cm³/mol. The van der Waals surface area contributed by atoms with Crippen molar-refractivity contribution in [2.45, 2.75) is 6.92 Å². The minimum Gasteiger partial charge on any atom is -0.495 e. The predicted octanol–water partition coefficient (Wildman–Crippen LogP) is 2.79. The van der Waals surface area contributed by atoms with Crippen molar-refractivity contribution in [2.24, 2.45) is 0 Å². The summed E-state index contributed by atoms with van der Waals surface area (Å²) in [5.74, 6) is 0.354. The molecule has 6 nitrogen and oxygen atoms in total. The number of amides is 2. The van der Waals surface area contributed by atoms with E-state index in [0.29, 0.717) is 22.2 Å². The number of rotatable bonds is 7. The average Bonchev–Trinajstić information content (AvgIpc) is 2.59. The molecule has 2 amide bonds. The third-order valence-electron chi connectivity index (χ3n) is 3.27. The molecule has 0 radical (unpaired) electrons. The molecule has 0 fully saturated rings. The van der Waals surface area contributed by atoms with Crippen LogP contribution < -0.4 is 20.1 Å². The van der Waals surface area contributed by atoms with Gasteiger partial charge >= 0.3 is 0 Å². The Labute approximate surface area is 151 Å². The fraction of sp³-hybridized carbons (Fsp3) is 0.222. The van der Waals surface area contributed by atoms with Crippen LogP contribution in [0.25, 0.3) is 0 Å². The SMILES string of the molecule is COc1ccc(NC(=O)CNC(=O)COc2ccc(C)cc2)cc1Cl. The maximum Gasteiger partial charge on any atom is 0.258 e. The molecule has 0 spiro atoms. The van der Waals surface area contributed by atoms with Gasteiger partial charge in [0.1, 0.15) is 11.5 Å². The number of aryl methyl sites for hydroxylation is 1. The lowest BCUT2D eigenvalue weighted by Gasteiger charge is -2.09. The normalized spacial score (nSPS) is 10.0. The molecule has 0 atom stereocenters. The zero-order valence-electron chi connectivity index (χ0n) is 14.0. The van der Waals surface area contributed by atoms with Crippen LogP contribution in [0.1, 0.15) is 5.56 Å². The van der Waals surface area contributed by atoms with Crippen LogP contribution in [0, 0.1) is 6.92 Å². The highest BCUT2D eigenvalue weighted by Gasteiger charge is 2.08. The number of anilines is 1. The van der Waals surface area contributed by atoms with Crippen molar-refractivity contribution in [3.63, 3.8) is 0 Å². The van der Waals surface area contributed by atoms with Gasteiger partial charge in [-0.1, -0.05) is 29.3 Å². The van der Waals surface area contributed by atoms with Crippen molar-refractivity contribution in [3.05, 3.63) is 53.1 Å². The highest BCUT2D eigenvalue weighted by molar-refractivity contribution is 6.32. The summed E-state index contributed by atoms with van der Waals surface area (Å²) >= 11 is 5.99. The minimum absolute atomic E-state index is 0.162. The van der Waals surface area contributed by atoms with Gasteiger partial charge in [-0.05, 0) is 37.3 Å². The maximum atomic E-state index is 11.9. The van der Waals surface area contributed by atoms with Crippen LogP contribution in [0.15, 0.2) is 42.5 Å². The summed E-state index contributed by atoms with van der Waals surface area (Å²) in [6, 6.07) is 12.2. The molecule has 2 aromatic rings. The second kappa shape index (κ2) is 8.94. The van der Waals surface area contributed by atoms with Gasteiger partial charge in [0.2, 0.25) is 5.91 Å². The summed E-state index contributed by atoms with van der Waals surface area (Å²) in [4.78, 5) is 23.6. The van der Waals surface area contributed by atoms with Gasteiger partial charge in [0.05, 0.1) is 18.7 Å². The third kappa shape index (κ3) is 6.00. The number of hydrogen-bond donors (Lipinski definition) is 2. The lowest BCUT2D eigenvalue weighted by Crippen LogP contribution is -2.35. The standard InChI is InChI=1S/C18H19ClN2O4/c1-12-3-6-14(7-4-12)25-11-18(23)20-10-17(22)21-13-5-8-16(24-2)15(19)9-13/h3-9H,10-11H2,1-2H3,(H,20,23)(H,21,22).